The Morgan fingerprint density at radius 1 is 1.45 bits per heavy atom. The molecule has 0 unspecified atom stereocenters. The second-order valence-corrected chi connectivity index (χ2v) is 2.64. The molecule has 0 atom stereocenters. The molecule has 0 aliphatic rings. The molecule has 60 valence electrons. The maximum atomic E-state index is 5.65. The number of pyridine rings is 1. The van der Waals surface area contributed by atoms with Gasteiger partial charge in [0.25, 0.3) is 0 Å². The van der Waals surface area contributed by atoms with Crippen molar-refractivity contribution >= 4 is 17.3 Å². The van der Waals surface area contributed by atoms with E-state index in [0.717, 1.165) is 5.69 Å². The lowest BCUT2D eigenvalue weighted by atomic mass is 10.2. The molecule has 1 heterocycles. The molecule has 0 aliphatic carbocycles. The van der Waals surface area contributed by atoms with E-state index >= 15 is 0 Å². The minimum atomic E-state index is 0.424. The number of nitrogens with two attached hydrogens (primary N) is 2. The van der Waals surface area contributed by atoms with Gasteiger partial charge in [-0.25, -0.2) is 4.98 Å². The van der Waals surface area contributed by atoms with E-state index in [1.807, 2.05) is 0 Å². The second-order valence-electron chi connectivity index (χ2n) is 2.25. The molecule has 0 amide bonds. The van der Waals surface area contributed by atoms with Crippen LogP contribution in [0.2, 0.25) is 5.15 Å². The van der Waals surface area contributed by atoms with Crippen molar-refractivity contribution < 1.29 is 0 Å². The Morgan fingerprint density at radius 3 is 2.73 bits per heavy atom. The fourth-order valence-corrected chi connectivity index (χ4v) is 1.08. The number of nitrogens with zero attached hydrogens (tertiary/aromatic N) is 1. The van der Waals surface area contributed by atoms with E-state index in [9.17, 15) is 0 Å². The first kappa shape index (κ1) is 8.30. The van der Waals surface area contributed by atoms with Gasteiger partial charge in [0.05, 0.1) is 0 Å². The van der Waals surface area contributed by atoms with Gasteiger partial charge >= 0.3 is 0 Å². The number of hydrogen-bond donors (Lipinski definition) is 2. The molecule has 1 aromatic heterocycles. The molecule has 1 aromatic rings. The molecule has 0 saturated heterocycles. The monoisotopic (exact) mass is 171 g/mol. The van der Waals surface area contributed by atoms with Crippen molar-refractivity contribution in [3.05, 3.63) is 23.0 Å². The molecule has 0 fully saturated rings. The molecule has 0 aliphatic heterocycles. The summed E-state index contributed by atoms with van der Waals surface area (Å²) >= 11 is 5.65. The van der Waals surface area contributed by atoms with Crippen LogP contribution in [0, 0.1) is 0 Å². The molecule has 3 nitrogen and oxygen atoms in total. The van der Waals surface area contributed by atoms with Crippen molar-refractivity contribution in [3.63, 3.8) is 0 Å². The summed E-state index contributed by atoms with van der Waals surface area (Å²) < 4.78 is 0. The Hall–Kier alpha value is -0.800. The summed E-state index contributed by atoms with van der Waals surface area (Å²) in [7, 11) is 0. The Balaban J connectivity index is 2.89. The van der Waals surface area contributed by atoms with Gasteiger partial charge in [0.15, 0.2) is 0 Å². The van der Waals surface area contributed by atoms with Gasteiger partial charge in [0.2, 0.25) is 0 Å². The van der Waals surface area contributed by atoms with E-state index in [-0.39, 0.29) is 0 Å². The number of nitrogen functional groups attached to an aromatic ring is 1. The van der Waals surface area contributed by atoms with Crippen LogP contribution in [0.1, 0.15) is 5.69 Å². The van der Waals surface area contributed by atoms with Gasteiger partial charge in [0, 0.05) is 17.8 Å². The minimum absolute atomic E-state index is 0.424. The lowest BCUT2D eigenvalue weighted by Crippen LogP contribution is -2.04. The first-order valence-electron chi connectivity index (χ1n) is 3.34. The van der Waals surface area contributed by atoms with Crippen LogP contribution in [0.5, 0.6) is 0 Å². The van der Waals surface area contributed by atoms with Crippen molar-refractivity contribution in [3.8, 4) is 0 Å². The van der Waals surface area contributed by atoms with E-state index in [0.29, 0.717) is 23.8 Å². The fraction of sp³-hybridized carbons (Fsp3) is 0.286. The zero-order valence-electron chi connectivity index (χ0n) is 6.05. The quantitative estimate of drug-likeness (QED) is 0.648. The topological polar surface area (TPSA) is 64.9 Å². The highest BCUT2D eigenvalue weighted by atomic mass is 35.5. The second kappa shape index (κ2) is 3.55. The standard InChI is InChI=1S/C7H10ClN3/c8-7-4-5(10)3-6(11-7)1-2-9/h3-4H,1-2,9H2,(H2,10,11). The third-order valence-electron chi connectivity index (χ3n) is 1.27. The maximum Gasteiger partial charge on any atom is 0.131 e. The number of aromatic nitrogens is 1. The molecule has 4 N–H and O–H groups in total. The Labute approximate surface area is 70.4 Å². The number of halogens is 1. The minimum Gasteiger partial charge on any atom is -0.399 e. The largest absolute Gasteiger partial charge is 0.399 e. The average Bonchev–Trinajstić information content (AvgIpc) is 1.85. The molecule has 0 aromatic carbocycles. The van der Waals surface area contributed by atoms with E-state index in [1.165, 1.54) is 0 Å². The molecular weight excluding hydrogens is 162 g/mol. The molecule has 0 radical (unpaired) electrons. The van der Waals surface area contributed by atoms with Crippen molar-refractivity contribution in [2.75, 3.05) is 12.3 Å². The van der Waals surface area contributed by atoms with Crippen LogP contribution >= 0.6 is 11.6 Å². The third-order valence-corrected chi connectivity index (χ3v) is 1.46. The predicted octanol–water partition coefficient (Wildman–Crippen LogP) is 0.818. The zero-order chi connectivity index (χ0) is 8.27. The number of rotatable bonds is 2. The summed E-state index contributed by atoms with van der Waals surface area (Å²) in [5.41, 5.74) is 12.3. The van der Waals surface area contributed by atoms with Crippen LogP contribution in [0.3, 0.4) is 0 Å². The maximum absolute atomic E-state index is 5.65. The molecular formula is C7H10ClN3. The smallest absolute Gasteiger partial charge is 0.131 e. The number of hydrogen-bond acceptors (Lipinski definition) is 3. The molecule has 11 heavy (non-hydrogen) atoms. The molecule has 1 rings (SSSR count). The summed E-state index contributed by atoms with van der Waals surface area (Å²) in [6.45, 7) is 0.562. The molecule has 0 spiro atoms. The van der Waals surface area contributed by atoms with Crippen molar-refractivity contribution in [1.29, 1.82) is 0 Å². The summed E-state index contributed by atoms with van der Waals surface area (Å²) in [5, 5.41) is 0.424. The normalized spacial score (nSPS) is 10.0. The predicted molar refractivity (Wildman–Crippen MR) is 46.4 cm³/mol. The van der Waals surface area contributed by atoms with E-state index < -0.39 is 0 Å². The van der Waals surface area contributed by atoms with Crippen LogP contribution in [-0.4, -0.2) is 11.5 Å². The third kappa shape index (κ3) is 2.37. The highest BCUT2D eigenvalue weighted by Gasteiger charge is 1.96. The van der Waals surface area contributed by atoms with E-state index in [2.05, 4.69) is 4.98 Å². The summed E-state index contributed by atoms with van der Waals surface area (Å²) in [6.07, 6.45) is 0.713. The molecule has 0 saturated carbocycles. The van der Waals surface area contributed by atoms with Crippen LogP contribution in [0.25, 0.3) is 0 Å². The van der Waals surface area contributed by atoms with E-state index in [4.69, 9.17) is 23.1 Å². The van der Waals surface area contributed by atoms with E-state index in [1.54, 1.807) is 12.1 Å². The van der Waals surface area contributed by atoms with Gasteiger partial charge in [-0.15, -0.1) is 0 Å². The highest BCUT2D eigenvalue weighted by Crippen LogP contribution is 2.11. The van der Waals surface area contributed by atoms with Crippen LogP contribution in [0.4, 0.5) is 5.69 Å². The van der Waals surface area contributed by atoms with Crippen LogP contribution in [-0.2, 0) is 6.42 Å². The SMILES string of the molecule is NCCc1cc(N)cc(Cl)n1. The van der Waals surface area contributed by atoms with Gasteiger partial charge in [-0.3, -0.25) is 0 Å². The van der Waals surface area contributed by atoms with Crippen molar-refractivity contribution in [1.82, 2.24) is 4.98 Å². The first-order valence-corrected chi connectivity index (χ1v) is 3.72. The van der Waals surface area contributed by atoms with Crippen LogP contribution in [0.15, 0.2) is 12.1 Å². The Bertz CT molecular complexity index is 229. The van der Waals surface area contributed by atoms with Crippen molar-refractivity contribution in [2.24, 2.45) is 5.73 Å². The average molecular weight is 172 g/mol. The fourth-order valence-electron chi connectivity index (χ4n) is 0.849. The number of anilines is 1. The van der Waals surface area contributed by atoms with Gasteiger partial charge in [0.1, 0.15) is 5.15 Å². The van der Waals surface area contributed by atoms with Gasteiger partial charge in [-0.05, 0) is 18.7 Å². The van der Waals surface area contributed by atoms with Gasteiger partial charge < -0.3 is 11.5 Å². The Kier molecular flexibility index (Phi) is 2.68. The van der Waals surface area contributed by atoms with Crippen LogP contribution < -0.4 is 11.5 Å². The lowest BCUT2D eigenvalue weighted by Gasteiger charge is -1.99. The van der Waals surface area contributed by atoms with Crippen molar-refractivity contribution in [2.45, 2.75) is 6.42 Å². The van der Waals surface area contributed by atoms with Gasteiger partial charge in [-0.1, -0.05) is 11.6 Å². The Morgan fingerprint density at radius 2 is 2.18 bits per heavy atom. The molecule has 4 heteroatoms. The summed E-state index contributed by atoms with van der Waals surface area (Å²) in [6, 6.07) is 3.39. The summed E-state index contributed by atoms with van der Waals surface area (Å²) in [4.78, 5) is 4.03. The molecule has 0 bridgehead atoms. The van der Waals surface area contributed by atoms with Gasteiger partial charge in [-0.2, -0.15) is 0 Å². The zero-order valence-corrected chi connectivity index (χ0v) is 6.80. The highest BCUT2D eigenvalue weighted by molar-refractivity contribution is 6.29. The first-order chi connectivity index (χ1) is 5.22. The lowest BCUT2D eigenvalue weighted by molar-refractivity contribution is 0.924. The summed E-state index contributed by atoms with van der Waals surface area (Å²) in [5.74, 6) is 0.